The number of hydrogen-bond acceptors (Lipinski definition) is 6. The van der Waals surface area contributed by atoms with Gasteiger partial charge in [-0.15, -0.1) is 0 Å². The second-order valence-corrected chi connectivity index (χ2v) is 7.56. The number of nitrogens with zero attached hydrogens (tertiary/aromatic N) is 4. The standard InChI is InChI=1S/C19H25ClN6O/c1-11(2)15(9-27)23-19-24-17(22-14-7-5-6-13(20)8-14)16-18(25-19)26(10-21-16)12(3)4/h5-8,10-12,15,27H,9H2,1-4H3,(H2,22,23,24,25)/t15-/m1/s1. The molecule has 0 aliphatic carbocycles. The Labute approximate surface area is 163 Å². The Hall–Kier alpha value is -2.38. The fraction of sp³-hybridized carbons (Fsp3) is 0.421. The molecule has 3 rings (SSSR count). The van der Waals surface area contributed by atoms with E-state index in [2.05, 4.69) is 39.4 Å². The molecule has 2 heterocycles. The summed E-state index contributed by atoms with van der Waals surface area (Å²) in [5.74, 6) is 1.26. The van der Waals surface area contributed by atoms with Crippen molar-refractivity contribution >= 4 is 40.2 Å². The van der Waals surface area contributed by atoms with E-state index in [0.717, 1.165) is 11.3 Å². The van der Waals surface area contributed by atoms with Gasteiger partial charge in [0.15, 0.2) is 17.0 Å². The first-order valence-electron chi connectivity index (χ1n) is 9.03. The largest absolute Gasteiger partial charge is 0.394 e. The third-order valence-electron chi connectivity index (χ3n) is 4.38. The molecule has 144 valence electrons. The minimum atomic E-state index is -0.142. The van der Waals surface area contributed by atoms with Crippen molar-refractivity contribution in [2.45, 2.75) is 39.8 Å². The van der Waals surface area contributed by atoms with Gasteiger partial charge >= 0.3 is 0 Å². The van der Waals surface area contributed by atoms with Crippen LogP contribution in [0, 0.1) is 5.92 Å². The Balaban J connectivity index is 2.07. The van der Waals surface area contributed by atoms with Gasteiger partial charge in [-0.1, -0.05) is 31.5 Å². The molecule has 27 heavy (non-hydrogen) atoms. The molecular formula is C19H25ClN6O. The molecule has 0 aliphatic rings. The predicted molar refractivity (Wildman–Crippen MR) is 110 cm³/mol. The zero-order valence-electron chi connectivity index (χ0n) is 15.9. The lowest BCUT2D eigenvalue weighted by Gasteiger charge is -2.20. The normalized spacial score (nSPS) is 12.7. The number of halogens is 1. The molecule has 7 nitrogen and oxygen atoms in total. The van der Waals surface area contributed by atoms with Gasteiger partial charge in [0.1, 0.15) is 0 Å². The van der Waals surface area contributed by atoms with E-state index in [9.17, 15) is 5.11 Å². The van der Waals surface area contributed by atoms with Crippen LogP contribution in [-0.2, 0) is 0 Å². The predicted octanol–water partition coefficient (Wildman–Crippen LogP) is 4.23. The quantitative estimate of drug-likeness (QED) is 0.561. The summed E-state index contributed by atoms with van der Waals surface area (Å²) in [4.78, 5) is 13.8. The fourth-order valence-electron chi connectivity index (χ4n) is 2.74. The lowest BCUT2D eigenvalue weighted by atomic mass is 10.1. The average Bonchev–Trinajstić information content (AvgIpc) is 3.04. The number of fused-ring (bicyclic) bond motifs is 1. The van der Waals surface area contributed by atoms with E-state index in [0.29, 0.717) is 22.3 Å². The number of imidazole rings is 1. The van der Waals surface area contributed by atoms with E-state index >= 15 is 0 Å². The van der Waals surface area contributed by atoms with E-state index in [-0.39, 0.29) is 24.6 Å². The van der Waals surface area contributed by atoms with Crippen LogP contribution in [0.2, 0.25) is 5.02 Å². The van der Waals surface area contributed by atoms with Crippen molar-refractivity contribution in [3.8, 4) is 0 Å². The van der Waals surface area contributed by atoms with Gasteiger partial charge in [-0.05, 0) is 38.0 Å². The van der Waals surface area contributed by atoms with Crippen LogP contribution in [0.15, 0.2) is 30.6 Å². The van der Waals surface area contributed by atoms with Crippen LogP contribution in [-0.4, -0.2) is 37.3 Å². The van der Waals surface area contributed by atoms with Crippen molar-refractivity contribution < 1.29 is 5.11 Å². The molecule has 2 aromatic heterocycles. The van der Waals surface area contributed by atoms with Crippen molar-refractivity contribution in [2.75, 3.05) is 17.2 Å². The minimum absolute atomic E-state index is 0.000435. The number of aliphatic hydroxyl groups is 1. The number of aromatic nitrogens is 4. The summed E-state index contributed by atoms with van der Waals surface area (Å²) in [6.45, 7) is 8.22. The van der Waals surface area contributed by atoms with Gasteiger partial charge in [0.25, 0.3) is 0 Å². The summed E-state index contributed by atoms with van der Waals surface area (Å²) >= 11 is 6.10. The molecule has 0 radical (unpaired) electrons. The molecule has 0 unspecified atom stereocenters. The fourth-order valence-corrected chi connectivity index (χ4v) is 2.93. The molecule has 3 aromatic rings. The number of hydrogen-bond donors (Lipinski definition) is 3. The summed E-state index contributed by atoms with van der Waals surface area (Å²) in [5, 5.41) is 16.8. The highest BCUT2D eigenvalue weighted by Gasteiger charge is 2.18. The smallest absolute Gasteiger partial charge is 0.227 e. The third kappa shape index (κ3) is 4.31. The van der Waals surface area contributed by atoms with E-state index < -0.39 is 0 Å². The summed E-state index contributed by atoms with van der Waals surface area (Å²) in [6, 6.07) is 7.49. The summed E-state index contributed by atoms with van der Waals surface area (Å²) in [6.07, 6.45) is 1.77. The van der Waals surface area contributed by atoms with Crippen molar-refractivity contribution in [2.24, 2.45) is 5.92 Å². The molecule has 0 fully saturated rings. The summed E-state index contributed by atoms with van der Waals surface area (Å²) < 4.78 is 1.99. The maximum atomic E-state index is 9.64. The minimum Gasteiger partial charge on any atom is -0.394 e. The topological polar surface area (TPSA) is 87.9 Å². The Kier molecular flexibility index (Phi) is 5.82. The Morgan fingerprint density at radius 2 is 1.96 bits per heavy atom. The highest BCUT2D eigenvalue weighted by Crippen LogP contribution is 2.27. The molecule has 8 heteroatoms. The number of aliphatic hydroxyl groups excluding tert-OH is 1. The van der Waals surface area contributed by atoms with E-state index in [1.54, 1.807) is 6.33 Å². The number of benzene rings is 1. The van der Waals surface area contributed by atoms with Crippen molar-refractivity contribution in [1.82, 2.24) is 19.5 Å². The van der Waals surface area contributed by atoms with Gasteiger partial charge in [0.05, 0.1) is 19.0 Å². The van der Waals surface area contributed by atoms with E-state index in [1.807, 2.05) is 42.7 Å². The highest BCUT2D eigenvalue weighted by molar-refractivity contribution is 6.30. The van der Waals surface area contributed by atoms with Crippen LogP contribution >= 0.6 is 11.6 Å². The molecular weight excluding hydrogens is 364 g/mol. The monoisotopic (exact) mass is 388 g/mol. The zero-order chi connectivity index (χ0) is 19.6. The zero-order valence-corrected chi connectivity index (χ0v) is 16.7. The number of nitrogens with one attached hydrogen (secondary N) is 2. The molecule has 1 aromatic carbocycles. The Morgan fingerprint density at radius 1 is 1.19 bits per heavy atom. The van der Waals surface area contributed by atoms with Crippen molar-refractivity contribution in [3.05, 3.63) is 35.6 Å². The molecule has 0 bridgehead atoms. The number of rotatable bonds is 7. The van der Waals surface area contributed by atoms with Gasteiger partial charge in [0.2, 0.25) is 5.95 Å². The average molecular weight is 389 g/mol. The second-order valence-electron chi connectivity index (χ2n) is 7.13. The number of anilines is 3. The molecule has 0 amide bonds. The van der Waals surface area contributed by atoms with Gasteiger partial charge in [-0.2, -0.15) is 9.97 Å². The van der Waals surface area contributed by atoms with Gasteiger partial charge in [-0.25, -0.2) is 4.98 Å². The van der Waals surface area contributed by atoms with Crippen molar-refractivity contribution in [1.29, 1.82) is 0 Å². The SMILES string of the molecule is CC(C)[C@@H](CO)Nc1nc(Nc2cccc(Cl)c2)c2ncn(C(C)C)c2n1. The van der Waals surface area contributed by atoms with Crippen LogP contribution in [0.4, 0.5) is 17.5 Å². The summed E-state index contributed by atoms with van der Waals surface area (Å²) in [7, 11) is 0. The molecule has 0 aliphatic heterocycles. The third-order valence-corrected chi connectivity index (χ3v) is 4.62. The summed E-state index contributed by atoms with van der Waals surface area (Å²) in [5.41, 5.74) is 2.22. The lowest BCUT2D eigenvalue weighted by Crippen LogP contribution is -2.30. The molecule has 0 spiro atoms. The van der Waals surface area contributed by atoms with Gasteiger partial charge in [0, 0.05) is 16.8 Å². The lowest BCUT2D eigenvalue weighted by molar-refractivity contribution is 0.248. The van der Waals surface area contributed by atoms with Gasteiger partial charge < -0.3 is 20.3 Å². The Bertz CT molecular complexity index is 924. The van der Waals surface area contributed by atoms with Crippen LogP contribution in [0.5, 0.6) is 0 Å². The van der Waals surface area contributed by atoms with Crippen LogP contribution in [0.25, 0.3) is 11.2 Å². The maximum absolute atomic E-state index is 9.64. The van der Waals surface area contributed by atoms with E-state index in [4.69, 9.17) is 11.6 Å². The maximum Gasteiger partial charge on any atom is 0.227 e. The van der Waals surface area contributed by atoms with E-state index in [1.165, 1.54) is 0 Å². The molecule has 0 saturated heterocycles. The molecule has 3 N–H and O–H groups in total. The van der Waals surface area contributed by atoms with Crippen LogP contribution < -0.4 is 10.6 Å². The van der Waals surface area contributed by atoms with Gasteiger partial charge in [-0.3, -0.25) is 0 Å². The molecule has 0 saturated carbocycles. The van der Waals surface area contributed by atoms with Crippen molar-refractivity contribution in [3.63, 3.8) is 0 Å². The molecule has 1 atom stereocenters. The highest BCUT2D eigenvalue weighted by atomic mass is 35.5. The van der Waals surface area contributed by atoms with Crippen LogP contribution in [0.3, 0.4) is 0 Å². The first-order valence-corrected chi connectivity index (χ1v) is 9.41. The first-order chi connectivity index (χ1) is 12.9. The second kappa shape index (κ2) is 8.10. The van der Waals surface area contributed by atoms with Crippen LogP contribution in [0.1, 0.15) is 33.7 Å². The Morgan fingerprint density at radius 3 is 2.59 bits per heavy atom. The first kappa shape index (κ1) is 19.4.